The first kappa shape index (κ1) is 26.7. The maximum atomic E-state index is 9.45. The van der Waals surface area contributed by atoms with E-state index in [2.05, 4.69) is 0 Å². The Morgan fingerprint density at radius 1 is 0.846 bits per heavy atom. The molecule has 4 aromatic rings. The number of nitrogen functional groups attached to an aromatic ring is 1. The van der Waals surface area contributed by atoms with Crippen LogP contribution >= 0.6 is 0 Å². The van der Waals surface area contributed by atoms with E-state index in [1.54, 1.807) is 0 Å². The molecule has 4 unspecified atom stereocenters. The van der Waals surface area contributed by atoms with Crippen molar-refractivity contribution in [2.24, 2.45) is 0 Å². The number of ether oxygens (including phenoxy) is 4. The van der Waals surface area contributed by atoms with E-state index in [9.17, 15) is 5.26 Å². The molecule has 0 spiro atoms. The second-order valence-corrected chi connectivity index (χ2v) is 9.78. The van der Waals surface area contributed by atoms with E-state index in [0.29, 0.717) is 25.4 Å². The standard InChI is InChI=1S/C32H32N2O5/c1-32(38-20-25-15-9-4-10-16-25)30(26-21-36-27(17-33)29(26)34)39-28(22-35-18-23-11-5-2-6-12-23)31(32)37-19-24-13-7-3-8-14-24/h2-16,21,28,30-31H,18-20,22,34H2,1H3. The van der Waals surface area contributed by atoms with E-state index in [-0.39, 0.29) is 18.1 Å². The van der Waals surface area contributed by atoms with Crippen LogP contribution < -0.4 is 5.73 Å². The second kappa shape index (κ2) is 12.3. The van der Waals surface area contributed by atoms with E-state index < -0.39 is 23.9 Å². The predicted octanol–water partition coefficient (Wildman–Crippen LogP) is 5.95. The van der Waals surface area contributed by atoms with Crippen LogP contribution in [0.5, 0.6) is 0 Å². The lowest BCUT2D eigenvalue weighted by Gasteiger charge is -2.35. The van der Waals surface area contributed by atoms with Gasteiger partial charge in [-0.25, -0.2) is 0 Å². The summed E-state index contributed by atoms with van der Waals surface area (Å²) in [6.45, 7) is 3.38. The summed E-state index contributed by atoms with van der Waals surface area (Å²) >= 11 is 0. The Kier molecular flexibility index (Phi) is 8.40. The quantitative estimate of drug-likeness (QED) is 0.259. The smallest absolute Gasteiger partial charge is 0.226 e. The van der Waals surface area contributed by atoms with Gasteiger partial charge in [0.1, 0.15) is 36.2 Å². The summed E-state index contributed by atoms with van der Waals surface area (Å²) in [5, 5.41) is 9.45. The maximum absolute atomic E-state index is 9.45. The summed E-state index contributed by atoms with van der Waals surface area (Å²) in [4.78, 5) is 0. The average molecular weight is 525 g/mol. The van der Waals surface area contributed by atoms with Crippen molar-refractivity contribution in [2.45, 2.75) is 50.7 Å². The molecule has 4 atom stereocenters. The third-order valence-corrected chi connectivity index (χ3v) is 7.04. The molecule has 200 valence electrons. The van der Waals surface area contributed by atoms with Crippen molar-refractivity contribution in [3.8, 4) is 6.07 Å². The molecule has 5 rings (SSSR count). The molecule has 1 aliphatic rings. The van der Waals surface area contributed by atoms with Gasteiger partial charge >= 0.3 is 0 Å². The number of benzene rings is 3. The fourth-order valence-corrected chi connectivity index (χ4v) is 4.95. The third kappa shape index (κ3) is 6.06. The van der Waals surface area contributed by atoms with Crippen molar-refractivity contribution < 1.29 is 23.4 Å². The van der Waals surface area contributed by atoms with Crippen LogP contribution in [-0.4, -0.2) is 24.4 Å². The van der Waals surface area contributed by atoms with E-state index >= 15 is 0 Å². The Bertz CT molecular complexity index is 1370. The number of nitrogens with two attached hydrogens (primary N) is 1. The van der Waals surface area contributed by atoms with Crippen molar-refractivity contribution in [3.63, 3.8) is 0 Å². The van der Waals surface area contributed by atoms with E-state index in [4.69, 9.17) is 29.1 Å². The molecule has 1 saturated heterocycles. The molecular weight excluding hydrogens is 492 g/mol. The Labute approximate surface area is 228 Å². The van der Waals surface area contributed by atoms with Gasteiger partial charge in [-0.05, 0) is 23.6 Å². The lowest BCUT2D eigenvalue weighted by Crippen LogP contribution is -2.47. The summed E-state index contributed by atoms with van der Waals surface area (Å²) < 4.78 is 31.4. The van der Waals surface area contributed by atoms with Crippen molar-refractivity contribution in [1.82, 2.24) is 0 Å². The molecule has 1 fully saturated rings. The van der Waals surface area contributed by atoms with Gasteiger partial charge in [0.15, 0.2) is 0 Å². The predicted molar refractivity (Wildman–Crippen MR) is 146 cm³/mol. The first-order chi connectivity index (χ1) is 19.1. The largest absolute Gasteiger partial charge is 0.451 e. The third-order valence-electron chi connectivity index (χ3n) is 7.04. The van der Waals surface area contributed by atoms with E-state index in [0.717, 1.165) is 16.7 Å². The van der Waals surface area contributed by atoms with Crippen LogP contribution in [0.2, 0.25) is 0 Å². The maximum Gasteiger partial charge on any atom is 0.226 e. The normalized spacial score (nSPS) is 22.5. The number of anilines is 1. The number of nitrogens with zero attached hydrogens (tertiary/aromatic N) is 1. The molecule has 1 aliphatic heterocycles. The van der Waals surface area contributed by atoms with Gasteiger partial charge in [0.2, 0.25) is 5.76 Å². The summed E-state index contributed by atoms with van der Waals surface area (Å²) in [7, 11) is 0. The van der Waals surface area contributed by atoms with E-state index in [1.165, 1.54) is 6.26 Å². The minimum atomic E-state index is -0.976. The van der Waals surface area contributed by atoms with Crippen molar-refractivity contribution in [1.29, 1.82) is 5.26 Å². The van der Waals surface area contributed by atoms with Crippen molar-refractivity contribution in [3.05, 3.63) is 125 Å². The van der Waals surface area contributed by atoms with Gasteiger partial charge < -0.3 is 29.1 Å². The molecule has 1 aromatic heterocycles. The molecule has 2 N–H and O–H groups in total. The Hall–Kier alpha value is -3.93. The molecule has 3 aromatic carbocycles. The van der Waals surface area contributed by atoms with Crippen LogP contribution in [0.15, 0.2) is 102 Å². The SMILES string of the molecule is CC1(OCc2ccccc2)C(c2coc(C#N)c2N)OC(COCc2ccccc2)C1OCc1ccccc1. The first-order valence-electron chi connectivity index (χ1n) is 13.0. The monoisotopic (exact) mass is 524 g/mol. The van der Waals surface area contributed by atoms with Gasteiger partial charge in [0, 0.05) is 5.56 Å². The van der Waals surface area contributed by atoms with Gasteiger partial charge in [0.05, 0.1) is 32.1 Å². The minimum Gasteiger partial charge on any atom is -0.451 e. The zero-order chi connectivity index (χ0) is 27.1. The lowest BCUT2D eigenvalue weighted by molar-refractivity contribution is -0.147. The molecule has 0 bridgehead atoms. The summed E-state index contributed by atoms with van der Waals surface area (Å²) in [5.41, 5.74) is 9.26. The van der Waals surface area contributed by atoms with Gasteiger partial charge in [0.25, 0.3) is 0 Å². The summed E-state index contributed by atoms with van der Waals surface area (Å²) in [6, 6.07) is 31.9. The van der Waals surface area contributed by atoms with E-state index in [1.807, 2.05) is 104 Å². The second-order valence-electron chi connectivity index (χ2n) is 9.78. The van der Waals surface area contributed by atoms with Gasteiger partial charge in [-0.3, -0.25) is 0 Å². The summed E-state index contributed by atoms with van der Waals surface area (Å²) in [6.07, 6.45) is -0.160. The highest BCUT2D eigenvalue weighted by Gasteiger charge is 2.57. The van der Waals surface area contributed by atoms with Crippen LogP contribution in [0.25, 0.3) is 0 Å². The van der Waals surface area contributed by atoms with Crippen LogP contribution in [0.1, 0.15) is 41.0 Å². The van der Waals surface area contributed by atoms with Crippen LogP contribution in [0.4, 0.5) is 5.69 Å². The number of furan rings is 1. The average Bonchev–Trinajstić information content (AvgIpc) is 3.48. The molecule has 0 amide bonds. The highest BCUT2D eigenvalue weighted by molar-refractivity contribution is 5.56. The number of nitriles is 1. The molecule has 39 heavy (non-hydrogen) atoms. The highest BCUT2D eigenvalue weighted by atomic mass is 16.6. The molecular formula is C32H32N2O5. The highest BCUT2D eigenvalue weighted by Crippen LogP contribution is 2.48. The fourth-order valence-electron chi connectivity index (χ4n) is 4.95. The number of hydrogen-bond donors (Lipinski definition) is 1. The molecule has 7 heteroatoms. The Morgan fingerprint density at radius 2 is 1.41 bits per heavy atom. The zero-order valence-electron chi connectivity index (χ0n) is 21.9. The molecule has 0 aliphatic carbocycles. The van der Waals surface area contributed by atoms with Gasteiger partial charge in [-0.15, -0.1) is 0 Å². The topological polar surface area (TPSA) is 99.9 Å². The minimum absolute atomic E-state index is 0.0459. The fraction of sp³-hybridized carbons (Fsp3) is 0.281. The summed E-state index contributed by atoms with van der Waals surface area (Å²) in [5.74, 6) is 0.0459. The molecule has 0 radical (unpaired) electrons. The molecule has 2 heterocycles. The van der Waals surface area contributed by atoms with Gasteiger partial charge in [-0.1, -0.05) is 91.0 Å². The molecule has 7 nitrogen and oxygen atoms in total. The van der Waals surface area contributed by atoms with Crippen LogP contribution in [-0.2, 0) is 38.8 Å². The first-order valence-corrected chi connectivity index (χ1v) is 13.0. The Balaban J connectivity index is 1.45. The lowest BCUT2D eigenvalue weighted by atomic mass is 9.88. The van der Waals surface area contributed by atoms with Gasteiger partial charge in [-0.2, -0.15) is 5.26 Å². The number of hydrogen-bond acceptors (Lipinski definition) is 7. The van der Waals surface area contributed by atoms with Crippen molar-refractivity contribution >= 4 is 5.69 Å². The molecule has 0 saturated carbocycles. The van der Waals surface area contributed by atoms with Crippen LogP contribution in [0.3, 0.4) is 0 Å². The van der Waals surface area contributed by atoms with Crippen LogP contribution in [0, 0.1) is 11.3 Å². The zero-order valence-corrected chi connectivity index (χ0v) is 21.9. The number of rotatable bonds is 11. The van der Waals surface area contributed by atoms with Crippen molar-refractivity contribution in [2.75, 3.05) is 12.3 Å². The Morgan fingerprint density at radius 3 is 1.97 bits per heavy atom.